The van der Waals surface area contributed by atoms with Crippen LogP contribution in [0.15, 0.2) is 12.4 Å². The van der Waals surface area contributed by atoms with Crippen molar-refractivity contribution in [2.45, 2.75) is 45.3 Å². The van der Waals surface area contributed by atoms with Crippen LogP contribution >= 0.6 is 0 Å². The minimum Gasteiger partial charge on any atom is -0.469 e. The third-order valence-electron chi connectivity index (χ3n) is 4.07. The van der Waals surface area contributed by atoms with Crippen molar-refractivity contribution in [3.8, 4) is 0 Å². The number of likely N-dealkylation sites (tertiary alicyclic amines) is 1. The molecule has 1 aliphatic rings. The highest BCUT2D eigenvalue weighted by Crippen LogP contribution is 2.42. The van der Waals surface area contributed by atoms with Gasteiger partial charge in [-0.15, -0.1) is 0 Å². The Bertz CT molecular complexity index is 576. The fourth-order valence-corrected chi connectivity index (χ4v) is 3.11. The average Bonchev–Trinajstić information content (AvgIpc) is 3.07. The van der Waals surface area contributed by atoms with E-state index >= 15 is 0 Å². The molecule has 7 heteroatoms. The van der Waals surface area contributed by atoms with Gasteiger partial charge in [-0.1, -0.05) is 0 Å². The maximum absolute atomic E-state index is 12.5. The van der Waals surface area contributed by atoms with Gasteiger partial charge in [0.2, 0.25) is 5.91 Å². The minimum absolute atomic E-state index is 0.0393. The van der Waals surface area contributed by atoms with E-state index < -0.39 is 5.92 Å². The molecule has 0 spiro atoms. The summed E-state index contributed by atoms with van der Waals surface area (Å²) in [5, 5.41) is 4.31. The van der Waals surface area contributed by atoms with Crippen molar-refractivity contribution < 1.29 is 19.1 Å². The molecular formula is C16H25N3O4. The Morgan fingerprint density at radius 1 is 1.39 bits per heavy atom. The van der Waals surface area contributed by atoms with Crippen LogP contribution in [0.5, 0.6) is 0 Å². The summed E-state index contributed by atoms with van der Waals surface area (Å²) in [7, 11) is 2.99. The molecule has 0 aliphatic carbocycles. The zero-order valence-electron chi connectivity index (χ0n) is 14.4. The zero-order valence-corrected chi connectivity index (χ0v) is 14.4. The SMILES string of the molecule is COCCn1cc(C2C(C(=O)OC)CC(=O)N2C(C)(C)C)cn1. The predicted octanol–water partition coefficient (Wildman–Crippen LogP) is 1.39. The van der Waals surface area contributed by atoms with Crippen LogP contribution in [0.2, 0.25) is 0 Å². The van der Waals surface area contributed by atoms with Gasteiger partial charge in [0.25, 0.3) is 0 Å². The van der Waals surface area contributed by atoms with Gasteiger partial charge in [-0.25, -0.2) is 0 Å². The molecule has 2 rings (SSSR count). The number of hydrogen-bond acceptors (Lipinski definition) is 5. The van der Waals surface area contributed by atoms with Gasteiger partial charge < -0.3 is 14.4 Å². The van der Waals surface area contributed by atoms with Crippen LogP contribution in [0.25, 0.3) is 0 Å². The van der Waals surface area contributed by atoms with E-state index in [9.17, 15) is 9.59 Å². The molecule has 23 heavy (non-hydrogen) atoms. The molecular weight excluding hydrogens is 298 g/mol. The fourth-order valence-electron chi connectivity index (χ4n) is 3.11. The van der Waals surface area contributed by atoms with Gasteiger partial charge in [0.1, 0.15) is 0 Å². The summed E-state index contributed by atoms with van der Waals surface area (Å²) < 4.78 is 11.7. The highest BCUT2D eigenvalue weighted by atomic mass is 16.5. The summed E-state index contributed by atoms with van der Waals surface area (Å²) in [5.41, 5.74) is 0.455. The molecule has 1 aliphatic heterocycles. The Hall–Kier alpha value is -1.89. The van der Waals surface area contributed by atoms with Crippen LogP contribution < -0.4 is 0 Å². The van der Waals surface area contributed by atoms with Crippen LogP contribution in [-0.4, -0.2) is 52.9 Å². The summed E-state index contributed by atoms with van der Waals surface area (Å²) in [6.45, 7) is 7.07. The van der Waals surface area contributed by atoms with Gasteiger partial charge in [0.15, 0.2) is 0 Å². The first kappa shape index (κ1) is 17.5. The number of carbonyl (C=O) groups is 2. The minimum atomic E-state index is -0.508. The van der Waals surface area contributed by atoms with Crippen molar-refractivity contribution in [3.63, 3.8) is 0 Å². The van der Waals surface area contributed by atoms with E-state index in [0.717, 1.165) is 5.56 Å². The number of hydrogen-bond donors (Lipinski definition) is 0. The second kappa shape index (κ2) is 6.70. The van der Waals surface area contributed by atoms with E-state index in [1.165, 1.54) is 7.11 Å². The van der Waals surface area contributed by atoms with E-state index in [0.29, 0.717) is 13.2 Å². The third kappa shape index (κ3) is 3.55. The number of aromatic nitrogens is 2. The lowest BCUT2D eigenvalue weighted by Crippen LogP contribution is -2.44. The Balaban J connectivity index is 2.36. The van der Waals surface area contributed by atoms with Crippen LogP contribution in [0.4, 0.5) is 0 Å². The van der Waals surface area contributed by atoms with Gasteiger partial charge in [-0.2, -0.15) is 5.10 Å². The lowest BCUT2D eigenvalue weighted by atomic mass is 9.93. The number of ether oxygens (including phenoxy) is 2. The first-order chi connectivity index (χ1) is 10.8. The smallest absolute Gasteiger partial charge is 0.311 e. The largest absolute Gasteiger partial charge is 0.469 e. The van der Waals surface area contributed by atoms with Crippen molar-refractivity contribution in [1.82, 2.24) is 14.7 Å². The van der Waals surface area contributed by atoms with Gasteiger partial charge in [0.05, 0.1) is 38.4 Å². The molecule has 7 nitrogen and oxygen atoms in total. The number of rotatable bonds is 5. The normalized spacial score (nSPS) is 21.8. The highest BCUT2D eigenvalue weighted by molar-refractivity contribution is 5.88. The van der Waals surface area contributed by atoms with E-state index in [-0.39, 0.29) is 29.9 Å². The van der Waals surface area contributed by atoms with Crippen molar-refractivity contribution in [3.05, 3.63) is 18.0 Å². The van der Waals surface area contributed by atoms with Gasteiger partial charge in [0, 0.05) is 30.8 Å². The zero-order chi connectivity index (χ0) is 17.2. The molecule has 0 N–H and O–H groups in total. The first-order valence-corrected chi connectivity index (χ1v) is 7.71. The molecule has 1 aromatic heterocycles. The van der Waals surface area contributed by atoms with Gasteiger partial charge in [-0.05, 0) is 20.8 Å². The Morgan fingerprint density at radius 2 is 2.09 bits per heavy atom. The lowest BCUT2D eigenvalue weighted by Gasteiger charge is -2.37. The standard InChI is InChI=1S/C16H25N3O4/c1-16(2,3)19-13(20)8-12(15(21)23-5)14(19)11-9-17-18(10-11)6-7-22-4/h9-10,12,14H,6-8H2,1-5H3. The van der Waals surface area contributed by atoms with Crippen LogP contribution in [0.3, 0.4) is 0 Å². The summed E-state index contributed by atoms with van der Waals surface area (Å²) in [5.74, 6) is -0.908. The molecule has 1 saturated heterocycles. The summed E-state index contributed by atoms with van der Waals surface area (Å²) in [6, 6.07) is -0.355. The van der Waals surface area contributed by atoms with Gasteiger partial charge in [-0.3, -0.25) is 14.3 Å². The Morgan fingerprint density at radius 3 is 2.65 bits per heavy atom. The van der Waals surface area contributed by atoms with E-state index in [2.05, 4.69) is 5.10 Å². The first-order valence-electron chi connectivity index (χ1n) is 7.71. The van der Waals surface area contributed by atoms with Crippen molar-refractivity contribution in [2.75, 3.05) is 20.8 Å². The van der Waals surface area contributed by atoms with E-state index in [1.54, 1.807) is 22.9 Å². The lowest BCUT2D eigenvalue weighted by molar-refractivity contribution is -0.146. The molecule has 2 unspecified atom stereocenters. The summed E-state index contributed by atoms with van der Waals surface area (Å²) in [4.78, 5) is 26.4. The molecule has 2 heterocycles. The summed E-state index contributed by atoms with van der Waals surface area (Å²) >= 11 is 0. The third-order valence-corrected chi connectivity index (χ3v) is 4.07. The number of nitrogens with zero attached hydrogens (tertiary/aromatic N) is 3. The van der Waals surface area contributed by atoms with Crippen molar-refractivity contribution >= 4 is 11.9 Å². The maximum atomic E-state index is 12.5. The van der Waals surface area contributed by atoms with Crippen molar-refractivity contribution in [1.29, 1.82) is 0 Å². The Kier molecular flexibility index (Phi) is 5.09. The number of carbonyl (C=O) groups excluding carboxylic acids is 2. The van der Waals surface area contributed by atoms with Gasteiger partial charge >= 0.3 is 5.97 Å². The monoisotopic (exact) mass is 323 g/mol. The second-order valence-electron chi connectivity index (χ2n) is 6.74. The molecule has 1 fully saturated rings. The molecule has 0 radical (unpaired) electrons. The van der Waals surface area contributed by atoms with Crippen LogP contribution in [-0.2, 0) is 25.6 Å². The molecule has 1 amide bonds. The fraction of sp³-hybridized carbons (Fsp3) is 0.688. The topological polar surface area (TPSA) is 73.7 Å². The van der Waals surface area contributed by atoms with E-state index in [1.807, 2.05) is 27.0 Å². The Labute approximate surface area is 136 Å². The van der Waals surface area contributed by atoms with Crippen LogP contribution in [0, 0.1) is 5.92 Å². The molecule has 0 aromatic carbocycles. The average molecular weight is 323 g/mol. The molecule has 0 saturated carbocycles. The van der Waals surface area contributed by atoms with Crippen molar-refractivity contribution in [2.24, 2.45) is 5.92 Å². The predicted molar refractivity (Wildman–Crippen MR) is 83.6 cm³/mol. The molecule has 2 atom stereocenters. The highest BCUT2D eigenvalue weighted by Gasteiger charge is 2.49. The molecule has 128 valence electrons. The van der Waals surface area contributed by atoms with Crippen LogP contribution in [0.1, 0.15) is 38.8 Å². The quantitative estimate of drug-likeness (QED) is 0.766. The van der Waals surface area contributed by atoms with E-state index in [4.69, 9.17) is 9.47 Å². The number of methoxy groups -OCH3 is 2. The molecule has 1 aromatic rings. The number of esters is 1. The maximum Gasteiger partial charge on any atom is 0.311 e. The summed E-state index contributed by atoms with van der Waals surface area (Å²) in [6.07, 6.45) is 3.75. The second-order valence-corrected chi connectivity index (χ2v) is 6.74. The molecule has 0 bridgehead atoms. The number of amides is 1.